The van der Waals surface area contributed by atoms with Crippen molar-refractivity contribution in [1.29, 1.82) is 0 Å². The lowest BCUT2D eigenvalue weighted by Gasteiger charge is -2.07. The molecular weight excluding hydrogens is 276 g/mol. The van der Waals surface area contributed by atoms with Gasteiger partial charge in [0.2, 0.25) is 0 Å². The first kappa shape index (κ1) is 13.1. The molecule has 0 amide bonds. The van der Waals surface area contributed by atoms with Gasteiger partial charge in [-0.1, -0.05) is 5.21 Å². The van der Waals surface area contributed by atoms with Crippen LogP contribution in [0.4, 0.5) is 0 Å². The highest BCUT2D eigenvalue weighted by Gasteiger charge is 2.11. The van der Waals surface area contributed by atoms with Crippen LogP contribution in [0.25, 0.3) is 11.2 Å². The molecular formula is C13H15ClN6. The number of rotatable bonds is 5. The fourth-order valence-electron chi connectivity index (χ4n) is 2.22. The number of alkyl halides is 1. The summed E-state index contributed by atoms with van der Waals surface area (Å²) < 4.78 is 3.91. The van der Waals surface area contributed by atoms with Crippen molar-refractivity contribution in [3.63, 3.8) is 0 Å². The predicted molar refractivity (Wildman–Crippen MR) is 76.5 cm³/mol. The summed E-state index contributed by atoms with van der Waals surface area (Å²) in [5.74, 6) is 1.25. The van der Waals surface area contributed by atoms with E-state index in [4.69, 9.17) is 11.6 Å². The Morgan fingerprint density at radius 3 is 2.85 bits per heavy atom. The Labute approximate surface area is 121 Å². The third-order valence-electron chi connectivity index (χ3n) is 3.17. The lowest BCUT2D eigenvalue weighted by Crippen LogP contribution is -2.08. The third kappa shape index (κ3) is 2.51. The molecule has 3 aromatic rings. The van der Waals surface area contributed by atoms with E-state index in [-0.39, 0.29) is 0 Å². The molecule has 0 saturated carbocycles. The first-order valence-electron chi connectivity index (χ1n) is 6.51. The van der Waals surface area contributed by atoms with E-state index in [0.29, 0.717) is 5.88 Å². The average molecular weight is 291 g/mol. The Morgan fingerprint density at radius 1 is 1.20 bits per heavy atom. The van der Waals surface area contributed by atoms with Gasteiger partial charge in [0.15, 0.2) is 5.65 Å². The molecule has 0 aromatic carbocycles. The van der Waals surface area contributed by atoms with E-state index < -0.39 is 0 Å². The van der Waals surface area contributed by atoms with E-state index in [2.05, 4.69) is 24.8 Å². The van der Waals surface area contributed by atoms with Crippen molar-refractivity contribution in [3.05, 3.63) is 36.0 Å². The molecule has 0 fully saturated rings. The largest absolute Gasteiger partial charge is 0.312 e. The van der Waals surface area contributed by atoms with Gasteiger partial charge in [0.25, 0.3) is 0 Å². The lowest BCUT2D eigenvalue weighted by atomic mass is 10.3. The second-order valence-corrected chi connectivity index (χ2v) is 4.90. The van der Waals surface area contributed by atoms with Crippen LogP contribution < -0.4 is 0 Å². The summed E-state index contributed by atoms with van der Waals surface area (Å²) in [5, 5.41) is 7.75. The number of fused-ring (bicyclic) bond motifs is 1. The van der Waals surface area contributed by atoms with Gasteiger partial charge < -0.3 is 4.57 Å². The maximum atomic E-state index is 5.98. The Hall–Kier alpha value is -1.95. The van der Waals surface area contributed by atoms with Gasteiger partial charge in [-0.3, -0.25) is 4.68 Å². The molecule has 3 rings (SSSR count). The number of halogens is 1. The molecule has 0 N–H and O–H groups in total. The normalized spacial score (nSPS) is 11.3. The monoisotopic (exact) mass is 290 g/mol. The smallest absolute Gasteiger partial charge is 0.160 e. The number of aromatic nitrogens is 6. The van der Waals surface area contributed by atoms with Crippen LogP contribution in [-0.4, -0.2) is 29.5 Å². The predicted octanol–water partition coefficient (Wildman–Crippen LogP) is 2.16. The molecule has 3 aromatic heterocycles. The van der Waals surface area contributed by atoms with Gasteiger partial charge in [0.1, 0.15) is 11.3 Å². The highest BCUT2D eigenvalue weighted by molar-refractivity contribution is 6.16. The number of hydrogen-bond acceptors (Lipinski definition) is 4. The Kier molecular flexibility index (Phi) is 3.64. The number of pyridine rings is 1. The maximum absolute atomic E-state index is 5.98. The maximum Gasteiger partial charge on any atom is 0.160 e. The second kappa shape index (κ2) is 5.58. The Morgan fingerprint density at radius 2 is 2.10 bits per heavy atom. The molecule has 0 radical (unpaired) electrons. The van der Waals surface area contributed by atoms with Gasteiger partial charge >= 0.3 is 0 Å². The van der Waals surface area contributed by atoms with Gasteiger partial charge in [0, 0.05) is 25.0 Å². The molecule has 7 heteroatoms. The Bertz CT molecular complexity index is 703. The van der Waals surface area contributed by atoms with E-state index in [1.165, 1.54) is 0 Å². The van der Waals surface area contributed by atoms with E-state index in [1.807, 2.05) is 29.9 Å². The second-order valence-electron chi connectivity index (χ2n) is 4.63. The van der Waals surface area contributed by atoms with Crippen molar-refractivity contribution < 1.29 is 0 Å². The fraction of sp³-hybridized carbons (Fsp3) is 0.385. The zero-order chi connectivity index (χ0) is 13.9. The number of hydrogen-bond donors (Lipinski definition) is 0. The molecule has 0 aliphatic heterocycles. The standard InChI is InChI=1S/C13H15ClN6/c1-10-3-4-11-13(16-10)20(12(9-14)17-11)7-2-6-19-8-5-15-18-19/h3-5,8H,2,6-7,9H2,1H3. The molecule has 0 saturated heterocycles. The van der Waals surface area contributed by atoms with Gasteiger partial charge in [0.05, 0.1) is 12.1 Å². The first-order valence-corrected chi connectivity index (χ1v) is 7.04. The zero-order valence-electron chi connectivity index (χ0n) is 11.2. The Balaban J connectivity index is 1.83. The van der Waals surface area contributed by atoms with Crippen molar-refractivity contribution in [3.8, 4) is 0 Å². The van der Waals surface area contributed by atoms with E-state index in [0.717, 1.165) is 42.2 Å². The molecule has 0 unspecified atom stereocenters. The molecule has 0 atom stereocenters. The first-order chi connectivity index (χ1) is 9.78. The van der Waals surface area contributed by atoms with Crippen molar-refractivity contribution in [1.82, 2.24) is 29.5 Å². The van der Waals surface area contributed by atoms with E-state index in [1.54, 1.807) is 6.20 Å². The summed E-state index contributed by atoms with van der Waals surface area (Å²) in [4.78, 5) is 9.09. The van der Waals surface area contributed by atoms with Crippen LogP contribution in [0.2, 0.25) is 0 Å². The van der Waals surface area contributed by atoms with Gasteiger partial charge in [-0.25, -0.2) is 9.97 Å². The van der Waals surface area contributed by atoms with Gasteiger partial charge in [-0.05, 0) is 25.5 Å². The lowest BCUT2D eigenvalue weighted by molar-refractivity contribution is 0.513. The van der Waals surface area contributed by atoms with Crippen LogP contribution in [0.5, 0.6) is 0 Å². The van der Waals surface area contributed by atoms with Crippen LogP contribution in [0, 0.1) is 6.92 Å². The van der Waals surface area contributed by atoms with Crippen LogP contribution in [0.3, 0.4) is 0 Å². The SMILES string of the molecule is Cc1ccc2nc(CCl)n(CCCn3ccnn3)c2n1. The minimum atomic E-state index is 0.388. The van der Waals surface area contributed by atoms with Crippen LogP contribution in [0.1, 0.15) is 17.9 Å². The minimum absolute atomic E-state index is 0.388. The van der Waals surface area contributed by atoms with Crippen molar-refractivity contribution in [2.45, 2.75) is 32.3 Å². The summed E-state index contributed by atoms with van der Waals surface area (Å²) in [6, 6.07) is 3.95. The van der Waals surface area contributed by atoms with E-state index in [9.17, 15) is 0 Å². The highest BCUT2D eigenvalue weighted by Crippen LogP contribution is 2.17. The van der Waals surface area contributed by atoms with Gasteiger partial charge in [-0.2, -0.15) is 0 Å². The van der Waals surface area contributed by atoms with Gasteiger partial charge in [-0.15, -0.1) is 16.7 Å². The summed E-state index contributed by atoms with van der Waals surface area (Å²) in [6.45, 7) is 3.61. The van der Waals surface area contributed by atoms with Crippen molar-refractivity contribution in [2.24, 2.45) is 0 Å². The fourth-order valence-corrected chi connectivity index (χ4v) is 2.43. The summed E-state index contributed by atoms with van der Waals surface area (Å²) in [6.07, 6.45) is 4.47. The number of aryl methyl sites for hydroxylation is 3. The average Bonchev–Trinajstić information content (AvgIpc) is 3.07. The van der Waals surface area contributed by atoms with Crippen molar-refractivity contribution in [2.75, 3.05) is 0 Å². The molecule has 104 valence electrons. The van der Waals surface area contributed by atoms with E-state index >= 15 is 0 Å². The summed E-state index contributed by atoms with van der Waals surface area (Å²) in [5.41, 5.74) is 2.78. The topological polar surface area (TPSA) is 61.4 Å². The molecule has 0 bridgehead atoms. The summed E-state index contributed by atoms with van der Waals surface area (Å²) in [7, 11) is 0. The molecule has 0 aliphatic rings. The number of nitrogens with zero attached hydrogens (tertiary/aromatic N) is 6. The van der Waals surface area contributed by atoms with Crippen LogP contribution in [0.15, 0.2) is 24.5 Å². The zero-order valence-corrected chi connectivity index (χ0v) is 12.0. The van der Waals surface area contributed by atoms with Crippen LogP contribution >= 0.6 is 11.6 Å². The van der Waals surface area contributed by atoms with Crippen LogP contribution in [-0.2, 0) is 19.0 Å². The minimum Gasteiger partial charge on any atom is -0.312 e. The molecule has 0 aliphatic carbocycles. The highest BCUT2D eigenvalue weighted by atomic mass is 35.5. The number of imidazole rings is 1. The molecule has 20 heavy (non-hydrogen) atoms. The van der Waals surface area contributed by atoms with Crippen molar-refractivity contribution >= 4 is 22.8 Å². The molecule has 0 spiro atoms. The molecule has 3 heterocycles. The molecule has 6 nitrogen and oxygen atoms in total. The quantitative estimate of drug-likeness (QED) is 0.676. The third-order valence-corrected chi connectivity index (χ3v) is 3.41. The summed E-state index contributed by atoms with van der Waals surface area (Å²) >= 11 is 5.98.